The van der Waals surface area contributed by atoms with Gasteiger partial charge in [0.15, 0.2) is 0 Å². The van der Waals surface area contributed by atoms with Crippen molar-refractivity contribution in [1.29, 1.82) is 0 Å². The summed E-state index contributed by atoms with van der Waals surface area (Å²) in [6, 6.07) is 8.18. The highest BCUT2D eigenvalue weighted by atomic mass is 16.3. The van der Waals surface area contributed by atoms with Crippen molar-refractivity contribution in [1.82, 2.24) is 4.90 Å². The molecule has 0 amide bonds. The number of para-hydroxylation sites is 1. The van der Waals surface area contributed by atoms with Crippen LogP contribution in [0, 0.1) is 5.92 Å². The van der Waals surface area contributed by atoms with E-state index in [-0.39, 0.29) is 12.1 Å². The van der Waals surface area contributed by atoms with Gasteiger partial charge in [0.2, 0.25) is 0 Å². The molecule has 0 spiro atoms. The number of hydrogen-bond acceptors (Lipinski definition) is 3. The summed E-state index contributed by atoms with van der Waals surface area (Å²) in [5, 5.41) is 10.0. The van der Waals surface area contributed by atoms with Crippen molar-refractivity contribution in [2.75, 3.05) is 13.1 Å². The molecule has 0 saturated carbocycles. The van der Waals surface area contributed by atoms with Gasteiger partial charge in [-0.1, -0.05) is 32.0 Å². The van der Waals surface area contributed by atoms with Crippen LogP contribution in [0.3, 0.4) is 0 Å². The SMILES string of the molecule is CCC(c1ccccc1O)N1CCC(C)C(N)C1. The van der Waals surface area contributed by atoms with Gasteiger partial charge >= 0.3 is 0 Å². The molecule has 0 bridgehead atoms. The summed E-state index contributed by atoms with van der Waals surface area (Å²) >= 11 is 0. The number of hydrogen-bond donors (Lipinski definition) is 2. The van der Waals surface area contributed by atoms with E-state index < -0.39 is 0 Å². The molecule has 1 aliphatic rings. The number of rotatable bonds is 3. The van der Waals surface area contributed by atoms with Gasteiger partial charge in [0.1, 0.15) is 5.75 Å². The van der Waals surface area contributed by atoms with Crippen molar-refractivity contribution in [3.05, 3.63) is 29.8 Å². The van der Waals surface area contributed by atoms with Gasteiger partial charge in [-0.2, -0.15) is 0 Å². The maximum atomic E-state index is 10.0. The van der Waals surface area contributed by atoms with E-state index >= 15 is 0 Å². The average Bonchev–Trinajstić information content (AvgIpc) is 2.37. The Morgan fingerprint density at radius 1 is 1.44 bits per heavy atom. The van der Waals surface area contributed by atoms with Gasteiger partial charge in [0.05, 0.1) is 0 Å². The van der Waals surface area contributed by atoms with E-state index in [1.807, 2.05) is 18.2 Å². The summed E-state index contributed by atoms with van der Waals surface area (Å²) in [6.07, 6.45) is 2.14. The summed E-state index contributed by atoms with van der Waals surface area (Å²) in [5.41, 5.74) is 7.20. The van der Waals surface area contributed by atoms with E-state index in [0.29, 0.717) is 11.7 Å². The van der Waals surface area contributed by atoms with E-state index in [9.17, 15) is 5.11 Å². The number of phenols is 1. The number of piperidine rings is 1. The topological polar surface area (TPSA) is 49.5 Å². The van der Waals surface area contributed by atoms with E-state index in [1.165, 1.54) is 0 Å². The van der Waals surface area contributed by atoms with Crippen LogP contribution in [0.25, 0.3) is 0 Å². The fraction of sp³-hybridized carbons (Fsp3) is 0.600. The van der Waals surface area contributed by atoms with Gasteiger partial charge < -0.3 is 10.8 Å². The van der Waals surface area contributed by atoms with Crippen molar-refractivity contribution < 1.29 is 5.11 Å². The van der Waals surface area contributed by atoms with Gasteiger partial charge in [-0.05, 0) is 31.4 Å². The highest BCUT2D eigenvalue weighted by Crippen LogP contribution is 2.33. The van der Waals surface area contributed by atoms with Crippen LogP contribution in [0.2, 0.25) is 0 Å². The number of aromatic hydroxyl groups is 1. The van der Waals surface area contributed by atoms with E-state index in [0.717, 1.165) is 31.5 Å². The molecule has 1 aliphatic heterocycles. The molecule has 3 unspecified atom stereocenters. The molecule has 1 aromatic carbocycles. The van der Waals surface area contributed by atoms with Crippen molar-refractivity contribution in [3.8, 4) is 5.75 Å². The van der Waals surface area contributed by atoms with Crippen LogP contribution in [0.1, 0.15) is 38.3 Å². The second-order valence-corrected chi connectivity index (χ2v) is 5.41. The maximum Gasteiger partial charge on any atom is 0.120 e. The smallest absolute Gasteiger partial charge is 0.120 e. The van der Waals surface area contributed by atoms with Crippen LogP contribution in [-0.2, 0) is 0 Å². The second kappa shape index (κ2) is 5.72. The van der Waals surface area contributed by atoms with Crippen LogP contribution >= 0.6 is 0 Å². The minimum absolute atomic E-state index is 0.249. The van der Waals surface area contributed by atoms with Crippen molar-refractivity contribution in [2.45, 2.75) is 38.8 Å². The molecule has 1 saturated heterocycles. The van der Waals surface area contributed by atoms with Crippen molar-refractivity contribution >= 4 is 0 Å². The van der Waals surface area contributed by atoms with Crippen LogP contribution < -0.4 is 5.73 Å². The van der Waals surface area contributed by atoms with E-state index in [4.69, 9.17) is 5.73 Å². The lowest BCUT2D eigenvalue weighted by Gasteiger charge is -2.40. The minimum Gasteiger partial charge on any atom is -0.508 e. The zero-order chi connectivity index (χ0) is 13.1. The highest BCUT2D eigenvalue weighted by Gasteiger charge is 2.28. The zero-order valence-electron chi connectivity index (χ0n) is 11.3. The third-order valence-electron chi connectivity index (χ3n) is 4.17. The van der Waals surface area contributed by atoms with Gasteiger partial charge in [-0.25, -0.2) is 0 Å². The van der Waals surface area contributed by atoms with Gasteiger partial charge in [-0.15, -0.1) is 0 Å². The summed E-state index contributed by atoms with van der Waals surface area (Å²) in [5.74, 6) is 1.000. The predicted molar refractivity (Wildman–Crippen MR) is 74.5 cm³/mol. The van der Waals surface area contributed by atoms with Gasteiger partial charge in [0.25, 0.3) is 0 Å². The summed E-state index contributed by atoms with van der Waals surface area (Å²) in [7, 11) is 0. The molecule has 3 nitrogen and oxygen atoms in total. The molecular weight excluding hydrogens is 224 g/mol. The Bertz CT molecular complexity index is 394. The summed E-state index contributed by atoms with van der Waals surface area (Å²) in [6.45, 7) is 6.39. The average molecular weight is 248 g/mol. The molecular formula is C15H24N2O. The molecule has 0 aromatic heterocycles. The molecule has 18 heavy (non-hydrogen) atoms. The Morgan fingerprint density at radius 2 is 2.17 bits per heavy atom. The monoisotopic (exact) mass is 248 g/mol. The molecule has 0 aliphatic carbocycles. The molecule has 1 fully saturated rings. The minimum atomic E-state index is 0.249. The number of benzene rings is 1. The Morgan fingerprint density at radius 3 is 2.78 bits per heavy atom. The van der Waals surface area contributed by atoms with Gasteiger partial charge in [0, 0.05) is 24.2 Å². The molecule has 100 valence electrons. The first-order chi connectivity index (χ1) is 8.63. The number of nitrogens with two attached hydrogens (primary N) is 1. The Kier molecular flexibility index (Phi) is 4.25. The lowest BCUT2D eigenvalue weighted by atomic mass is 9.91. The molecule has 1 heterocycles. The largest absolute Gasteiger partial charge is 0.508 e. The standard InChI is InChI=1S/C15H24N2O/c1-3-14(12-6-4-5-7-15(12)18)17-9-8-11(2)13(16)10-17/h4-7,11,13-14,18H,3,8-10,16H2,1-2H3. The Labute approximate surface area is 110 Å². The first kappa shape index (κ1) is 13.4. The maximum absolute atomic E-state index is 10.0. The van der Waals surface area contributed by atoms with E-state index in [2.05, 4.69) is 18.7 Å². The third kappa shape index (κ3) is 2.68. The van der Waals surface area contributed by atoms with E-state index in [1.54, 1.807) is 6.07 Å². The summed E-state index contributed by atoms with van der Waals surface area (Å²) in [4.78, 5) is 2.42. The summed E-state index contributed by atoms with van der Waals surface area (Å²) < 4.78 is 0. The number of likely N-dealkylation sites (tertiary alicyclic amines) is 1. The fourth-order valence-corrected chi connectivity index (χ4v) is 2.85. The lowest BCUT2D eigenvalue weighted by molar-refractivity contribution is 0.115. The number of nitrogens with zero attached hydrogens (tertiary/aromatic N) is 1. The molecule has 1 aromatic rings. The number of phenolic OH excluding ortho intramolecular Hbond substituents is 1. The quantitative estimate of drug-likeness (QED) is 0.864. The fourth-order valence-electron chi connectivity index (χ4n) is 2.85. The molecule has 3 N–H and O–H groups in total. The van der Waals surface area contributed by atoms with Crippen molar-refractivity contribution in [3.63, 3.8) is 0 Å². The predicted octanol–water partition coefficient (Wildman–Crippen LogP) is 2.51. The first-order valence-corrected chi connectivity index (χ1v) is 6.91. The third-order valence-corrected chi connectivity index (χ3v) is 4.17. The van der Waals surface area contributed by atoms with Crippen molar-refractivity contribution in [2.24, 2.45) is 11.7 Å². The second-order valence-electron chi connectivity index (χ2n) is 5.41. The Balaban J connectivity index is 2.17. The molecule has 0 radical (unpaired) electrons. The molecule has 2 rings (SSSR count). The first-order valence-electron chi connectivity index (χ1n) is 6.91. The van der Waals surface area contributed by atoms with Crippen LogP contribution in [0.4, 0.5) is 0 Å². The lowest BCUT2D eigenvalue weighted by Crippen LogP contribution is -2.48. The van der Waals surface area contributed by atoms with Crippen LogP contribution in [0.15, 0.2) is 24.3 Å². The van der Waals surface area contributed by atoms with Crippen LogP contribution in [-0.4, -0.2) is 29.1 Å². The Hall–Kier alpha value is -1.06. The highest BCUT2D eigenvalue weighted by molar-refractivity contribution is 5.34. The molecule has 3 heteroatoms. The molecule has 3 atom stereocenters. The van der Waals surface area contributed by atoms with Crippen LogP contribution in [0.5, 0.6) is 5.75 Å². The van der Waals surface area contributed by atoms with Gasteiger partial charge in [-0.3, -0.25) is 4.90 Å². The zero-order valence-corrected chi connectivity index (χ0v) is 11.3. The normalized spacial score (nSPS) is 27.1.